The largest absolute Gasteiger partial charge is 0.493 e. The Hall–Kier alpha value is -1.95. The molecule has 0 aliphatic heterocycles. The lowest BCUT2D eigenvalue weighted by atomic mass is 10.1. The summed E-state index contributed by atoms with van der Waals surface area (Å²) in [6, 6.07) is 2.72. The van der Waals surface area contributed by atoms with Crippen molar-refractivity contribution < 1.29 is 9.13 Å². The Bertz CT molecular complexity index is 597. The second kappa shape index (κ2) is 6.67. The van der Waals surface area contributed by atoms with Crippen LogP contribution in [0.3, 0.4) is 0 Å². The average Bonchev–Trinajstić information content (AvgIpc) is 2.89. The Balaban J connectivity index is 2.58. The lowest BCUT2D eigenvalue weighted by molar-refractivity contribution is 0.390. The molecule has 2 aromatic rings. The number of halogens is 1. The molecule has 0 bridgehead atoms. The molecule has 0 amide bonds. The Labute approximate surface area is 124 Å². The van der Waals surface area contributed by atoms with Crippen molar-refractivity contribution in [2.45, 2.75) is 32.9 Å². The Morgan fingerprint density at radius 1 is 1.43 bits per heavy atom. The predicted octanol–water partition coefficient (Wildman–Crippen LogP) is 2.71. The van der Waals surface area contributed by atoms with Crippen molar-refractivity contribution in [1.29, 1.82) is 0 Å². The maximum absolute atomic E-state index is 14.2. The Morgan fingerprint density at radius 2 is 2.19 bits per heavy atom. The van der Waals surface area contributed by atoms with E-state index in [1.165, 1.54) is 6.07 Å². The van der Waals surface area contributed by atoms with Crippen LogP contribution in [-0.4, -0.2) is 28.4 Å². The van der Waals surface area contributed by atoms with Gasteiger partial charge in [0, 0.05) is 12.2 Å². The van der Waals surface area contributed by atoms with Gasteiger partial charge in [-0.2, -0.15) is 5.10 Å². The van der Waals surface area contributed by atoms with Gasteiger partial charge in [-0.15, -0.1) is 0 Å². The molecule has 21 heavy (non-hydrogen) atoms. The van der Waals surface area contributed by atoms with Gasteiger partial charge in [-0.3, -0.25) is 9.67 Å². The van der Waals surface area contributed by atoms with Crippen molar-refractivity contribution in [2.24, 2.45) is 0 Å². The number of hydrogen-bond acceptors (Lipinski definition) is 4. The summed E-state index contributed by atoms with van der Waals surface area (Å²) in [5, 5.41) is 7.62. The minimum atomic E-state index is -0.406. The molecule has 114 valence electrons. The average molecular weight is 292 g/mol. The van der Waals surface area contributed by atoms with Crippen LogP contribution >= 0.6 is 0 Å². The summed E-state index contributed by atoms with van der Waals surface area (Å²) < 4.78 is 21.4. The summed E-state index contributed by atoms with van der Waals surface area (Å²) in [5.74, 6) is 0.279. The number of aromatic nitrogens is 3. The fraction of sp³-hybridized carbons (Fsp3) is 0.467. The van der Waals surface area contributed by atoms with Crippen molar-refractivity contribution in [3.05, 3.63) is 41.7 Å². The first-order chi connectivity index (χ1) is 10.1. The van der Waals surface area contributed by atoms with E-state index in [0.717, 1.165) is 5.69 Å². The standard InChI is InChI=1S/C15H21FN4O/c1-5-17-14(13-11(16)7-6-8-18-13)15-12(21-4)9-19-20(15)10(2)3/h6-10,14,17H,5H2,1-4H3. The molecule has 0 saturated heterocycles. The second-order valence-electron chi connectivity index (χ2n) is 5.00. The van der Waals surface area contributed by atoms with E-state index in [4.69, 9.17) is 4.74 Å². The summed E-state index contributed by atoms with van der Waals surface area (Å²) in [5.41, 5.74) is 1.13. The topological polar surface area (TPSA) is 52.0 Å². The summed E-state index contributed by atoms with van der Waals surface area (Å²) in [6.45, 7) is 6.69. The highest BCUT2D eigenvalue weighted by atomic mass is 19.1. The first kappa shape index (κ1) is 15.4. The van der Waals surface area contributed by atoms with Crippen LogP contribution < -0.4 is 10.1 Å². The van der Waals surface area contributed by atoms with Gasteiger partial charge in [0.25, 0.3) is 0 Å². The smallest absolute Gasteiger partial charge is 0.162 e. The minimum absolute atomic E-state index is 0.136. The first-order valence-electron chi connectivity index (χ1n) is 7.05. The summed E-state index contributed by atoms with van der Waals surface area (Å²) in [4.78, 5) is 4.19. The van der Waals surface area contributed by atoms with Gasteiger partial charge in [0.05, 0.1) is 25.0 Å². The van der Waals surface area contributed by atoms with Crippen LogP contribution in [0.4, 0.5) is 4.39 Å². The quantitative estimate of drug-likeness (QED) is 0.889. The van der Waals surface area contributed by atoms with E-state index in [1.54, 1.807) is 25.6 Å². The third kappa shape index (κ3) is 3.05. The van der Waals surface area contributed by atoms with Gasteiger partial charge in [-0.25, -0.2) is 4.39 Å². The first-order valence-corrected chi connectivity index (χ1v) is 7.05. The van der Waals surface area contributed by atoms with Crippen molar-refractivity contribution in [1.82, 2.24) is 20.1 Å². The summed E-state index contributed by atoms with van der Waals surface area (Å²) >= 11 is 0. The van der Waals surface area contributed by atoms with E-state index in [9.17, 15) is 4.39 Å². The molecular formula is C15H21FN4O. The molecule has 0 radical (unpaired) electrons. The highest BCUT2D eigenvalue weighted by Gasteiger charge is 2.27. The third-order valence-corrected chi connectivity index (χ3v) is 3.25. The molecule has 0 saturated carbocycles. The number of pyridine rings is 1. The lowest BCUT2D eigenvalue weighted by Crippen LogP contribution is -2.27. The fourth-order valence-electron chi connectivity index (χ4n) is 2.34. The molecule has 2 rings (SSSR count). The monoisotopic (exact) mass is 292 g/mol. The number of methoxy groups -OCH3 is 1. The number of nitrogens with zero attached hydrogens (tertiary/aromatic N) is 3. The summed E-state index contributed by atoms with van der Waals surface area (Å²) in [6.07, 6.45) is 3.24. The van der Waals surface area contributed by atoms with Gasteiger partial charge in [0.2, 0.25) is 0 Å². The van der Waals surface area contributed by atoms with Crippen LogP contribution in [0.25, 0.3) is 0 Å². The highest BCUT2D eigenvalue weighted by Crippen LogP contribution is 2.31. The van der Waals surface area contributed by atoms with Crippen molar-refractivity contribution in [3.63, 3.8) is 0 Å². The molecule has 0 spiro atoms. The third-order valence-electron chi connectivity index (χ3n) is 3.25. The van der Waals surface area contributed by atoms with Gasteiger partial charge < -0.3 is 10.1 Å². The van der Waals surface area contributed by atoms with Crippen molar-refractivity contribution >= 4 is 0 Å². The molecule has 5 nitrogen and oxygen atoms in total. The van der Waals surface area contributed by atoms with E-state index in [1.807, 2.05) is 25.5 Å². The molecule has 6 heteroatoms. The number of rotatable bonds is 6. The maximum Gasteiger partial charge on any atom is 0.162 e. The number of ether oxygens (including phenoxy) is 1. The van der Waals surface area contributed by atoms with Crippen molar-refractivity contribution in [2.75, 3.05) is 13.7 Å². The lowest BCUT2D eigenvalue weighted by Gasteiger charge is -2.22. The van der Waals surface area contributed by atoms with Gasteiger partial charge in [0.1, 0.15) is 11.5 Å². The van der Waals surface area contributed by atoms with E-state index >= 15 is 0 Å². The molecule has 0 fully saturated rings. The van der Waals surface area contributed by atoms with Crippen LogP contribution in [0, 0.1) is 5.82 Å². The normalized spacial score (nSPS) is 12.7. The van der Waals surface area contributed by atoms with Gasteiger partial charge in [-0.05, 0) is 32.5 Å². The molecule has 0 aliphatic rings. The minimum Gasteiger partial charge on any atom is -0.493 e. The fourth-order valence-corrected chi connectivity index (χ4v) is 2.34. The van der Waals surface area contributed by atoms with Crippen LogP contribution in [-0.2, 0) is 0 Å². The zero-order valence-corrected chi connectivity index (χ0v) is 12.8. The number of hydrogen-bond donors (Lipinski definition) is 1. The van der Waals surface area contributed by atoms with E-state index in [-0.39, 0.29) is 11.9 Å². The van der Waals surface area contributed by atoms with Gasteiger partial charge in [-0.1, -0.05) is 6.92 Å². The molecule has 2 heterocycles. The Kier molecular flexibility index (Phi) is 4.90. The van der Waals surface area contributed by atoms with Crippen molar-refractivity contribution in [3.8, 4) is 5.75 Å². The van der Waals surface area contributed by atoms with Crippen LogP contribution in [0.1, 0.15) is 44.2 Å². The zero-order chi connectivity index (χ0) is 15.4. The molecule has 1 atom stereocenters. The molecule has 1 unspecified atom stereocenters. The SMILES string of the molecule is CCNC(c1ncccc1F)c1c(OC)cnn1C(C)C. The van der Waals surface area contributed by atoms with E-state index in [0.29, 0.717) is 18.0 Å². The van der Waals surface area contributed by atoms with Gasteiger partial charge in [0.15, 0.2) is 5.75 Å². The van der Waals surface area contributed by atoms with Gasteiger partial charge >= 0.3 is 0 Å². The van der Waals surface area contributed by atoms with Crippen LogP contribution in [0.15, 0.2) is 24.5 Å². The molecule has 2 aromatic heterocycles. The predicted molar refractivity (Wildman–Crippen MR) is 78.9 cm³/mol. The molecule has 0 aliphatic carbocycles. The molecular weight excluding hydrogens is 271 g/mol. The molecule has 1 N–H and O–H groups in total. The highest BCUT2D eigenvalue weighted by molar-refractivity contribution is 5.34. The number of nitrogens with one attached hydrogen (secondary N) is 1. The molecule has 0 aromatic carbocycles. The van der Waals surface area contributed by atoms with E-state index < -0.39 is 6.04 Å². The van der Waals surface area contributed by atoms with Crippen LogP contribution in [0.5, 0.6) is 5.75 Å². The summed E-state index contributed by atoms with van der Waals surface area (Å²) in [7, 11) is 1.59. The maximum atomic E-state index is 14.2. The Morgan fingerprint density at radius 3 is 2.76 bits per heavy atom. The zero-order valence-electron chi connectivity index (χ0n) is 12.8. The van der Waals surface area contributed by atoms with E-state index in [2.05, 4.69) is 15.4 Å². The van der Waals surface area contributed by atoms with Crippen LogP contribution in [0.2, 0.25) is 0 Å². The second-order valence-corrected chi connectivity index (χ2v) is 5.00.